The fourth-order valence-corrected chi connectivity index (χ4v) is 4.25. The fraction of sp³-hybridized carbons (Fsp3) is 0.240. The zero-order valence-electron chi connectivity index (χ0n) is 17.5. The van der Waals surface area contributed by atoms with Crippen LogP contribution in [0.5, 0.6) is 0 Å². The van der Waals surface area contributed by atoms with Gasteiger partial charge in [0.1, 0.15) is 5.82 Å². The number of anilines is 2. The molecule has 32 heavy (non-hydrogen) atoms. The van der Waals surface area contributed by atoms with Gasteiger partial charge in [-0.2, -0.15) is 0 Å². The Morgan fingerprint density at radius 1 is 0.906 bits per heavy atom. The smallest absolute Gasteiger partial charge is 0.227 e. The third-order valence-corrected chi connectivity index (χ3v) is 5.90. The van der Waals surface area contributed by atoms with Gasteiger partial charge in [-0.25, -0.2) is 19.3 Å². The molecule has 1 saturated carbocycles. The van der Waals surface area contributed by atoms with Crippen molar-refractivity contribution in [3.8, 4) is 22.6 Å². The van der Waals surface area contributed by atoms with Crippen LogP contribution in [0.4, 0.5) is 16.0 Å². The molecular weight excluding hydrogens is 405 g/mol. The molecule has 2 aromatic heterocycles. The second kappa shape index (κ2) is 8.88. The third-order valence-electron chi connectivity index (χ3n) is 5.90. The number of benzene rings is 2. The maximum absolute atomic E-state index is 13.5. The number of hydrogen-bond donors (Lipinski definition) is 2. The first-order valence-corrected chi connectivity index (χ1v) is 10.8. The van der Waals surface area contributed by atoms with Crippen LogP contribution in [0.2, 0.25) is 0 Å². The van der Waals surface area contributed by atoms with E-state index < -0.39 is 0 Å². The molecule has 0 amide bonds. The SMILES string of the molecule is OC1CCC(n2cnc(-c3ccc(F)cc3)c2-c2ccnc(Nc3ccccc3)n2)CC1. The van der Waals surface area contributed by atoms with Crippen molar-refractivity contribution in [1.82, 2.24) is 19.5 Å². The Bertz CT molecular complexity index is 1180. The summed E-state index contributed by atoms with van der Waals surface area (Å²) >= 11 is 0. The summed E-state index contributed by atoms with van der Waals surface area (Å²) in [5.41, 5.74) is 4.09. The highest BCUT2D eigenvalue weighted by atomic mass is 19.1. The molecule has 2 aromatic carbocycles. The van der Waals surface area contributed by atoms with Gasteiger partial charge in [-0.05, 0) is 68.1 Å². The molecule has 0 unspecified atom stereocenters. The zero-order chi connectivity index (χ0) is 21.9. The maximum atomic E-state index is 13.5. The number of hydrogen-bond acceptors (Lipinski definition) is 5. The van der Waals surface area contributed by atoms with E-state index in [9.17, 15) is 9.50 Å². The molecule has 1 fully saturated rings. The number of nitrogens with one attached hydrogen (secondary N) is 1. The van der Waals surface area contributed by atoms with E-state index in [1.165, 1.54) is 12.1 Å². The van der Waals surface area contributed by atoms with E-state index in [1.54, 1.807) is 18.3 Å². The van der Waals surface area contributed by atoms with Crippen LogP contribution in [0, 0.1) is 5.82 Å². The Kier molecular flexibility index (Phi) is 5.64. The van der Waals surface area contributed by atoms with E-state index in [0.29, 0.717) is 5.95 Å². The molecule has 0 radical (unpaired) electrons. The first kappa shape index (κ1) is 20.3. The standard InChI is InChI=1S/C25H24FN5O/c26-18-8-6-17(7-9-18)23-24(31(16-28-23)20-10-12-21(32)13-11-20)22-14-15-27-25(30-22)29-19-4-2-1-3-5-19/h1-9,14-16,20-21,32H,10-13H2,(H,27,29,30). The summed E-state index contributed by atoms with van der Waals surface area (Å²) in [4.78, 5) is 13.9. The maximum Gasteiger partial charge on any atom is 0.227 e. The molecule has 0 bridgehead atoms. The Hall–Kier alpha value is -3.58. The minimum Gasteiger partial charge on any atom is -0.393 e. The Labute approximate surface area is 185 Å². The average Bonchev–Trinajstić information content (AvgIpc) is 3.26. The normalized spacial score (nSPS) is 18.4. The van der Waals surface area contributed by atoms with Crippen molar-refractivity contribution in [3.05, 3.63) is 79.0 Å². The average molecular weight is 429 g/mol. The summed E-state index contributed by atoms with van der Waals surface area (Å²) in [5.74, 6) is 0.206. The molecule has 4 aromatic rings. The summed E-state index contributed by atoms with van der Waals surface area (Å²) in [6, 6.07) is 18.2. The highest BCUT2D eigenvalue weighted by Gasteiger charge is 2.26. The highest BCUT2D eigenvalue weighted by Crippen LogP contribution is 2.37. The van der Waals surface area contributed by atoms with Crippen molar-refractivity contribution >= 4 is 11.6 Å². The van der Waals surface area contributed by atoms with Gasteiger partial charge in [0.05, 0.1) is 29.5 Å². The van der Waals surface area contributed by atoms with Crippen LogP contribution >= 0.6 is 0 Å². The predicted molar refractivity (Wildman–Crippen MR) is 122 cm³/mol. The van der Waals surface area contributed by atoms with Crippen LogP contribution in [-0.4, -0.2) is 30.7 Å². The molecule has 1 aliphatic carbocycles. The van der Waals surface area contributed by atoms with Gasteiger partial charge in [0.15, 0.2) is 0 Å². The molecule has 2 N–H and O–H groups in total. The highest BCUT2D eigenvalue weighted by molar-refractivity contribution is 5.77. The third kappa shape index (κ3) is 4.24. The van der Waals surface area contributed by atoms with Crippen molar-refractivity contribution in [2.24, 2.45) is 0 Å². The number of nitrogens with zero attached hydrogens (tertiary/aromatic N) is 4. The molecule has 162 valence electrons. The number of aliphatic hydroxyl groups excluding tert-OH is 1. The summed E-state index contributed by atoms with van der Waals surface area (Å²) in [6.45, 7) is 0. The molecule has 0 atom stereocenters. The van der Waals surface area contributed by atoms with E-state index in [2.05, 4.69) is 14.9 Å². The first-order chi connectivity index (χ1) is 15.7. The molecule has 2 heterocycles. The van der Waals surface area contributed by atoms with Crippen molar-refractivity contribution < 1.29 is 9.50 Å². The van der Waals surface area contributed by atoms with Gasteiger partial charge >= 0.3 is 0 Å². The Morgan fingerprint density at radius 2 is 1.66 bits per heavy atom. The van der Waals surface area contributed by atoms with Crippen LogP contribution in [0.3, 0.4) is 0 Å². The summed E-state index contributed by atoms with van der Waals surface area (Å²) in [7, 11) is 0. The van der Waals surface area contributed by atoms with Crippen molar-refractivity contribution in [3.63, 3.8) is 0 Å². The van der Waals surface area contributed by atoms with Crippen LogP contribution < -0.4 is 5.32 Å². The largest absolute Gasteiger partial charge is 0.393 e. The quantitative estimate of drug-likeness (QED) is 0.446. The summed E-state index contributed by atoms with van der Waals surface area (Å²) in [6.07, 6.45) is 6.58. The Balaban J connectivity index is 1.57. The van der Waals surface area contributed by atoms with E-state index in [1.807, 2.05) is 42.7 Å². The van der Waals surface area contributed by atoms with E-state index >= 15 is 0 Å². The van der Waals surface area contributed by atoms with E-state index in [-0.39, 0.29) is 18.0 Å². The van der Waals surface area contributed by atoms with Gasteiger partial charge in [-0.1, -0.05) is 18.2 Å². The van der Waals surface area contributed by atoms with Crippen LogP contribution in [0.15, 0.2) is 73.2 Å². The number of para-hydroxylation sites is 1. The second-order valence-corrected chi connectivity index (χ2v) is 8.07. The molecule has 0 aliphatic heterocycles. The molecule has 7 heteroatoms. The Morgan fingerprint density at radius 3 is 2.41 bits per heavy atom. The van der Waals surface area contributed by atoms with Crippen LogP contribution in [0.1, 0.15) is 31.7 Å². The second-order valence-electron chi connectivity index (χ2n) is 8.07. The minimum atomic E-state index is -0.285. The van der Waals surface area contributed by atoms with Gasteiger partial charge in [0, 0.05) is 23.5 Å². The lowest BCUT2D eigenvalue weighted by Gasteiger charge is -2.28. The monoisotopic (exact) mass is 429 g/mol. The first-order valence-electron chi connectivity index (χ1n) is 10.8. The van der Waals surface area contributed by atoms with Crippen molar-refractivity contribution in [2.45, 2.75) is 37.8 Å². The fourth-order valence-electron chi connectivity index (χ4n) is 4.25. The number of aromatic nitrogens is 4. The molecule has 0 saturated heterocycles. The lowest BCUT2D eigenvalue weighted by molar-refractivity contribution is 0.111. The van der Waals surface area contributed by atoms with Crippen LogP contribution in [0.25, 0.3) is 22.6 Å². The predicted octanol–water partition coefficient (Wildman–Crippen LogP) is 5.37. The summed E-state index contributed by atoms with van der Waals surface area (Å²) < 4.78 is 15.7. The van der Waals surface area contributed by atoms with Crippen molar-refractivity contribution in [1.29, 1.82) is 0 Å². The lowest BCUT2D eigenvalue weighted by Crippen LogP contribution is -2.21. The summed E-state index contributed by atoms with van der Waals surface area (Å²) in [5, 5.41) is 13.2. The molecule has 1 aliphatic rings. The van der Waals surface area contributed by atoms with Crippen molar-refractivity contribution in [2.75, 3.05) is 5.32 Å². The lowest BCUT2D eigenvalue weighted by atomic mass is 9.92. The topological polar surface area (TPSA) is 75.9 Å². The zero-order valence-corrected chi connectivity index (χ0v) is 17.5. The number of rotatable bonds is 5. The van der Waals surface area contributed by atoms with Gasteiger partial charge in [0.2, 0.25) is 5.95 Å². The van der Waals surface area contributed by atoms with E-state index in [4.69, 9.17) is 9.97 Å². The van der Waals surface area contributed by atoms with Gasteiger partial charge in [-0.15, -0.1) is 0 Å². The molecule has 5 rings (SSSR count). The number of halogens is 1. The molecule has 6 nitrogen and oxygen atoms in total. The van der Waals surface area contributed by atoms with Gasteiger partial charge in [-0.3, -0.25) is 0 Å². The minimum absolute atomic E-state index is 0.218. The van der Waals surface area contributed by atoms with Gasteiger partial charge < -0.3 is 15.0 Å². The number of imidazole rings is 1. The molecule has 0 spiro atoms. The van der Waals surface area contributed by atoms with Gasteiger partial charge in [0.25, 0.3) is 0 Å². The van der Waals surface area contributed by atoms with E-state index in [0.717, 1.165) is 54.0 Å². The van der Waals surface area contributed by atoms with Crippen LogP contribution in [-0.2, 0) is 0 Å². The molecular formula is C25H24FN5O. The number of aliphatic hydroxyl groups is 1.